The second-order valence-corrected chi connectivity index (χ2v) is 6.95. The van der Waals surface area contributed by atoms with Crippen LogP contribution < -0.4 is 4.90 Å². The lowest BCUT2D eigenvalue weighted by Crippen LogP contribution is -2.30. The summed E-state index contributed by atoms with van der Waals surface area (Å²) in [7, 11) is 0. The quantitative estimate of drug-likeness (QED) is 0.586. The van der Waals surface area contributed by atoms with Gasteiger partial charge in [-0.05, 0) is 56.5 Å². The van der Waals surface area contributed by atoms with Crippen molar-refractivity contribution < 1.29 is 4.39 Å². The standard InChI is InChI=1S/C20H20FN5/c1-13-16(7-8-19(23-13)25-9-3-2-4-10-25)26-17-6-5-14(21)11-15(17)20-18(26)12-22-24-20/h5-8,11-12H,2-4,9-10H2,1H3,(H,22,24). The first-order valence-electron chi connectivity index (χ1n) is 9.08. The lowest BCUT2D eigenvalue weighted by atomic mass is 10.1. The van der Waals surface area contributed by atoms with Crippen LogP contribution in [0.5, 0.6) is 0 Å². The fraction of sp³-hybridized carbons (Fsp3) is 0.300. The van der Waals surface area contributed by atoms with Crippen LogP contribution in [-0.4, -0.2) is 32.8 Å². The van der Waals surface area contributed by atoms with Gasteiger partial charge >= 0.3 is 0 Å². The van der Waals surface area contributed by atoms with E-state index in [2.05, 4.69) is 31.8 Å². The second-order valence-electron chi connectivity index (χ2n) is 6.95. The minimum atomic E-state index is -0.249. The molecule has 5 rings (SSSR count). The number of piperidine rings is 1. The molecule has 1 fully saturated rings. The van der Waals surface area contributed by atoms with Gasteiger partial charge in [0, 0.05) is 18.5 Å². The molecule has 1 aliphatic rings. The number of pyridine rings is 1. The van der Waals surface area contributed by atoms with Crippen molar-refractivity contribution in [1.29, 1.82) is 0 Å². The van der Waals surface area contributed by atoms with Gasteiger partial charge in [0.25, 0.3) is 0 Å². The lowest BCUT2D eigenvalue weighted by molar-refractivity contribution is 0.573. The van der Waals surface area contributed by atoms with Gasteiger partial charge in [0.2, 0.25) is 0 Å². The summed E-state index contributed by atoms with van der Waals surface area (Å²) in [6.45, 7) is 4.18. The number of hydrogen-bond acceptors (Lipinski definition) is 3. The van der Waals surface area contributed by atoms with Gasteiger partial charge in [0.1, 0.15) is 11.6 Å². The Bertz CT molecular complexity index is 1100. The molecule has 0 amide bonds. The number of nitrogens with zero attached hydrogens (tertiary/aromatic N) is 4. The molecule has 1 aromatic carbocycles. The summed E-state index contributed by atoms with van der Waals surface area (Å²) in [4.78, 5) is 7.23. The number of benzene rings is 1. The average molecular weight is 349 g/mol. The topological polar surface area (TPSA) is 49.7 Å². The molecule has 0 bridgehead atoms. The first kappa shape index (κ1) is 15.4. The van der Waals surface area contributed by atoms with Crippen LogP contribution in [0.25, 0.3) is 27.6 Å². The molecule has 6 heteroatoms. The van der Waals surface area contributed by atoms with Crippen LogP contribution in [0.2, 0.25) is 0 Å². The van der Waals surface area contributed by atoms with Crippen LogP contribution in [0.15, 0.2) is 36.5 Å². The molecule has 3 aromatic heterocycles. The van der Waals surface area contributed by atoms with Crippen LogP contribution >= 0.6 is 0 Å². The van der Waals surface area contributed by atoms with E-state index in [1.807, 2.05) is 13.0 Å². The van der Waals surface area contributed by atoms with Crippen LogP contribution in [0, 0.1) is 12.7 Å². The Labute approximate surface area is 150 Å². The fourth-order valence-electron chi connectivity index (χ4n) is 4.02. The molecular weight excluding hydrogens is 329 g/mol. The van der Waals surface area contributed by atoms with E-state index >= 15 is 0 Å². The van der Waals surface area contributed by atoms with Gasteiger partial charge in [-0.15, -0.1) is 0 Å². The normalized spacial score (nSPS) is 15.2. The van der Waals surface area contributed by atoms with Crippen LogP contribution in [0.1, 0.15) is 25.0 Å². The number of aryl methyl sites for hydroxylation is 1. The van der Waals surface area contributed by atoms with Gasteiger partial charge in [-0.1, -0.05) is 0 Å². The molecule has 1 N–H and O–H groups in total. The zero-order valence-corrected chi connectivity index (χ0v) is 14.7. The maximum absolute atomic E-state index is 13.8. The predicted molar refractivity (Wildman–Crippen MR) is 101 cm³/mol. The van der Waals surface area contributed by atoms with Gasteiger partial charge in [-0.3, -0.25) is 5.10 Å². The third kappa shape index (κ3) is 2.29. The first-order chi connectivity index (χ1) is 12.7. The predicted octanol–water partition coefficient (Wildman–Crippen LogP) is 4.34. The Morgan fingerprint density at radius 1 is 1.04 bits per heavy atom. The van der Waals surface area contributed by atoms with Gasteiger partial charge in [0.15, 0.2) is 0 Å². The molecule has 4 aromatic rings. The minimum Gasteiger partial charge on any atom is -0.357 e. The van der Waals surface area contributed by atoms with E-state index in [9.17, 15) is 4.39 Å². The Morgan fingerprint density at radius 3 is 2.69 bits per heavy atom. The molecule has 0 aliphatic carbocycles. The summed E-state index contributed by atoms with van der Waals surface area (Å²) in [5.41, 5.74) is 4.68. The SMILES string of the molecule is Cc1nc(N2CCCCC2)ccc1-n1c2ccc(F)cc2c2[nH]ncc21. The Morgan fingerprint density at radius 2 is 1.88 bits per heavy atom. The van der Waals surface area contributed by atoms with Gasteiger partial charge in [0.05, 0.1) is 34.1 Å². The third-order valence-corrected chi connectivity index (χ3v) is 5.29. The Kier molecular flexibility index (Phi) is 3.45. The van der Waals surface area contributed by atoms with Crippen LogP contribution in [0.3, 0.4) is 0 Å². The summed E-state index contributed by atoms with van der Waals surface area (Å²) < 4.78 is 15.9. The number of rotatable bonds is 2. The second kappa shape index (κ2) is 5.83. The van der Waals surface area contributed by atoms with Crippen molar-refractivity contribution >= 4 is 27.8 Å². The largest absolute Gasteiger partial charge is 0.357 e. The van der Waals surface area contributed by atoms with E-state index in [-0.39, 0.29) is 5.82 Å². The average Bonchev–Trinajstić information content (AvgIpc) is 3.24. The van der Waals surface area contributed by atoms with Gasteiger partial charge in [-0.25, -0.2) is 9.37 Å². The van der Waals surface area contributed by atoms with Gasteiger partial charge in [-0.2, -0.15) is 5.10 Å². The zero-order chi connectivity index (χ0) is 17.7. The van der Waals surface area contributed by atoms with Crippen molar-refractivity contribution in [2.24, 2.45) is 0 Å². The van der Waals surface area contributed by atoms with Crippen molar-refractivity contribution in [2.45, 2.75) is 26.2 Å². The molecule has 132 valence electrons. The lowest BCUT2D eigenvalue weighted by Gasteiger charge is -2.28. The van der Waals surface area contributed by atoms with Crippen molar-refractivity contribution in [3.05, 3.63) is 48.0 Å². The summed E-state index contributed by atoms with van der Waals surface area (Å²) in [6.07, 6.45) is 5.54. The first-order valence-corrected chi connectivity index (χ1v) is 9.08. The van der Waals surface area contributed by atoms with E-state index < -0.39 is 0 Å². The zero-order valence-electron chi connectivity index (χ0n) is 14.7. The van der Waals surface area contributed by atoms with E-state index in [4.69, 9.17) is 4.98 Å². The summed E-state index contributed by atoms with van der Waals surface area (Å²) in [5, 5.41) is 7.98. The Hall–Kier alpha value is -2.89. The van der Waals surface area contributed by atoms with Crippen LogP contribution in [-0.2, 0) is 0 Å². The maximum atomic E-state index is 13.8. The smallest absolute Gasteiger partial charge is 0.128 e. The highest BCUT2D eigenvalue weighted by Crippen LogP contribution is 2.32. The third-order valence-electron chi connectivity index (χ3n) is 5.29. The molecule has 26 heavy (non-hydrogen) atoms. The molecule has 0 spiro atoms. The molecule has 0 saturated carbocycles. The minimum absolute atomic E-state index is 0.249. The van der Waals surface area contributed by atoms with E-state index in [0.29, 0.717) is 0 Å². The summed E-state index contributed by atoms with van der Waals surface area (Å²) in [5.74, 6) is 0.790. The highest BCUT2D eigenvalue weighted by atomic mass is 19.1. The van der Waals surface area contributed by atoms with Crippen LogP contribution in [0.4, 0.5) is 10.2 Å². The van der Waals surface area contributed by atoms with E-state index in [1.54, 1.807) is 12.3 Å². The number of hydrogen-bond donors (Lipinski definition) is 1. The molecule has 1 saturated heterocycles. The fourth-order valence-corrected chi connectivity index (χ4v) is 4.02. The van der Waals surface area contributed by atoms with Crippen molar-refractivity contribution in [3.63, 3.8) is 0 Å². The monoisotopic (exact) mass is 349 g/mol. The number of halogens is 1. The molecule has 4 heterocycles. The van der Waals surface area contributed by atoms with Crippen molar-refractivity contribution in [1.82, 2.24) is 19.7 Å². The number of H-pyrrole nitrogens is 1. The van der Waals surface area contributed by atoms with Crippen molar-refractivity contribution in [2.75, 3.05) is 18.0 Å². The molecule has 0 radical (unpaired) electrons. The highest BCUT2D eigenvalue weighted by Gasteiger charge is 2.18. The highest BCUT2D eigenvalue weighted by molar-refractivity contribution is 6.06. The number of nitrogens with one attached hydrogen (secondary N) is 1. The Balaban J connectivity index is 1.68. The molecule has 1 aliphatic heterocycles. The van der Waals surface area contributed by atoms with Crippen molar-refractivity contribution in [3.8, 4) is 5.69 Å². The van der Waals surface area contributed by atoms with Gasteiger partial charge < -0.3 is 9.47 Å². The molecular formula is C20H20FN5. The number of fused-ring (bicyclic) bond motifs is 3. The molecule has 5 nitrogen and oxygen atoms in total. The summed E-state index contributed by atoms with van der Waals surface area (Å²) >= 11 is 0. The number of anilines is 1. The maximum Gasteiger partial charge on any atom is 0.128 e. The van der Waals surface area contributed by atoms with E-state index in [0.717, 1.165) is 52.2 Å². The molecule has 0 unspecified atom stereocenters. The molecule has 0 atom stereocenters. The number of aromatic amines is 1. The van der Waals surface area contributed by atoms with E-state index in [1.165, 1.54) is 25.3 Å². The number of aromatic nitrogens is 4. The summed E-state index contributed by atoms with van der Waals surface area (Å²) in [6, 6.07) is 9.07.